The first-order chi connectivity index (χ1) is 16.4. The minimum absolute atomic E-state index is 0.0139. The molecule has 2 aliphatic rings. The number of nitrogens with zero attached hydrogens (tertiary/aromatic N) is 4. The second-order valence-corrected chi connectivity index (χ2v) is 10.9. The number of carbonyl (C=O) groups is 3. The van der Waals surface area contributed by atoms with Crippen LogP contribution in [-0.2, 0) is 14.4 Å². The van der Waals surface area contributed by atoms with Crippen LogP contribution < -0.4 is 15.4 Å². The zero-order valence-corrected chi connectivity index (χ0v) is 20.9. The molecule has 1 saturated heterocycles. The molecular formula is C23H29N5O4S2. The summed E-state index contributed by atoms with van der Waals surface area (Å²) < 4.78 is 5.80. The van der Waals surface area contributed by atoms with Crippen molar-refractivity contribution in [2.75, 3.05) is 17.7 Å². The van der Waals surface area contributed by atoms with Crippen molar-refractivity contribution in [3.63, 3.8) is 0 Å². The first kappa shape index (κ1) is 24.5. The highest BCUT2D eigenvalue weighted by atomic mass is 32.2. The maximum absolute atomic E-state index is 13.9. The van der Waals surface area contributed by atoms with Crippen LogP contribution in [0.5, 0.6) is 5.75 Å². The molecule has 2 aromatic rings. The number of methoxy groups -OCH3 is 1. The SMILES string of the molecule is CCC(Sc1nnc(N)s1)C(=O)N(C1CCCCC1)C1CC(=O)N(c2ccc(OC)cc2)C1=O. The molecule has 1 saturated carbocycles. The number of hydrogen-bond donors (Lipinski definition) is 1. The molecule has 1 aromatic carbocycles. The van der Waals surface area contributed by atoms with Crippen LogP contribution in [0.25, 0.3) is 0 Å². The third kappa shape index (κ3) is 5.05. The maximum Gasteiger partial charge on any atom is 0.257 e. The van der Waals surface area contributed by atoms with Gasteiger partial charge in [-0.2, -0.15) is 0 Å². The molecule has 11 heteroatoms. The van der Waals surface area contributed by atoms with Gasteiger partial charge in [-0.3, -0.25) is 14.4 Å². The number of carbonyl (C=O) groups excluding carboxylic acids is 3. The van der Waals surface area contributed by atoms with Gasteiger partial charge in [0.05, 0.1) is 24.5 Å². The van der Waals surface area contributed by atoms with Gasteiger partial charge in [0.25, 0.3) is 5.91 Å². The Bertz CT molecular complexity index is 1040. The van der Waals surface area contributed by atoms with E-state index >= 15 is 0 Å². The van der Waals surface area contributed by atoms with Gasteiger partial charge < -0.3 is 15.4 Å². The Morgan fingerprint density at radius 2 is 1.94 bits per heavy atom. The van der Waals surface area contributed by atoms with Crippen LogP contribution in [-0.4, -0.2) is 57.3 Å². The standard InChI is InChI=1S/C23H29N5O4S2/c1-3-18(33-23-26-25-22(24)34-23)21(31)27(14-7-5-4-6-8-14)17-13-19(29)28(20(17)30)15-9-11-16(32-2)12-10-15/h9-12,14,17-18H,3-8,13H2,1-2H3,(H2,24,25). The summed E-state index contributed by atoms with van der Waals surface area (Å²) in [5.74, 6) is -0.144. The van der Waals surface area contributed by atoms with Crippen LogP contribution in [0.3, 0.4) is 0 Å². The summed E-state index contributed by atoms with van der Waals surface area (Å²) in [5, 5.41) is 7.79. The fraction of sp³-hybridized carbons (Fsp3) is 0.522. The molecule has 0 spiro atoms. The number of thioether (sulfide) groups is 1. The average Bonchev–Trinajstić information content (AvgIpc) is 3.40. The Morgan fingerprint density at radius 3 is 2.53 bits per heavy atom. The number of benzene rings is 1. The first-order valence-electron chi connectivity index (χ1n) is 11.5. The lowest BCUT2D eigenvalue weighted by atomic mass is 9.92. The molecule has 4 rings (SSSR count). The van der Waals surface area contributed by atoms with Gasteiger partial charge in [-0.25, -0.2) is 4.90 Å². The van der Waals surface area contributed by atoms with E-state index < -0.39 is 11.3 Å². The van der Waals surface area contributed by atoms with E-state index in [1.807, 2.05) is 6.92 Å². The first-order valence-corrected chi connectivity index (χ1v) is 13.2. The number of rotatable bonds is 8. The predicted molar refractivity (Wildman–Crippen MR) is 132 cm³/mol. The number of ether oxygens (including phenoxy) is 1. The molecule has 0 bridgehead atoms. The zero-order valence-electron chi connectivity index (χ0n) is 19.3. The van der Waals surface area contributed by atoms with E-state index in [2.05, 4.69) is 10.2 Å². The fourth-order valence-corrected chi connectivity index (χ4v) is 6.51. The Hall–Kier alpha value is -2.66. The third-order valence-corrected chi connectivity index (χ3v) is 8.51. The van der Waals surface area contributed by atoms with Crippen molar-refractivity contribution in [2.24, 2.45) is 0 Å². The molecule has 2 N–H and O–H groups in total. The highest BCUT2D eigenvalue weighted by molar-refractivity contribution is 8.02. The topological polar surface area (TPSA) is 119 Å². The minimum Gasteiger partial charge on any atom is -0.497 e. The van der Waals surface area contributed by atoms with Crippen LogP contribution in [0.4, 0.5) is 10.8 Å². The fourth-order valence-electron chi connectivity index (χ4n) is 4.65. The van der Waals surface area contributed by atoms with Crippen LogP contribution in [0.2, 0.25) is 0 Å². The van der Waals surface area contributed by atoms with Crippen molar-refractivity contribution in [1.82, 2.24) is 15.1 Å². The Labute approximate surface area is 207 Å². The molecular weight excluding hydrogens is 474 g/mol. The maximum atomic E-state index is 13.9. The second kappa shape index (κ2) is 10.7. The van der Waals surface area contributed by atoms with Gasteiger partial charge in [0.1, 0.15) is 11.8 Å². The van der Waals surface area contributed by atoms with E-state index in [1.54, 1.807) is 36.3 Å². The number of imide groups is 1. The smallest absolute Gasteiger partial charge is 0.257 e. The molecule has 3 amide bonds. The van der Waals surface area contributed by atoms with E-state index in [0.717, 1.165) is 32.1 Å². The molecule has 182 valence electrons. The molecule has 0 radical (unpaired) electrons. The molecule has 2 fully saturated rings. The summed E-state index contributed by atoms with van der Waals surface area (Å²) in [7, 11) is 1.56. The summed E-state index contributed by atoms with van der Waals surface area (Å²) in [6.45, 7) is 1.93. The molecule has 1 aliphatic heterocycles. The number of nitrogens with two attached hydrogens (primary N) is 1. The summed E-state index contributed by atoms with van der Waals surface area (Å²) in [6.07, 6.45) is 5.33. The number of hydrogen-bond acceptors (Lipinski definition) is 9. The average molecular weight is 504 g/mol. The summed E-state index contributed by atoms with van der Waals surface area (Å²) in [4.78, 5) is 43.4. The normalized spacial score (nSPS) is 19.9. The predicted octanol–water partition coefficient (Wildman–Crippen LogP) is 3.49. The van der Waals surface area contributed by atoms with Crippen molar-refractivity contribution in [3.05, 3.63) is 24.3 Å². The van der Waals surface area contributed by atoms with Crippen LogP contribution >= 0.6 is 23.1 Å². The zero-order chi connectivity index (χ0) is 24.2. The van der Waals surface area contributed by atoms with E-state index in [1.165, 1.54) is 28.0 Å². The van der Waals surface area contributed by atoms with Gasteiger partial charge >= 0.3 is 0 Å². The molecule has 2 atom stereocenters. The van der Waals surface area contributed by atoms with Gasteiger partial charge in [-0.1, -0.05) is 49.3 Å². The molecule has 9 nitrogen and oxygen atoms in total. The Kier molecular flexibility index (Phi) is 7.72. The van der Waals surface area contributed by atoms with E-state index in [0.29, 0.717) is 27.3 Å². The van der Waals surface area contributed by atoms with Crippen molar-refractivity contribution >= 4 is 51.6 Å². The van der Waals surface area contributed by atoms with Crippen molar-refractivity contribution in [1.29, 1.82) is 0 Å². The highest BCUT2D eigenvalue weighted by Crippen LogP contribution is 2.36. The van der Waals surface area contributed by atoms with E-state index in [9.17, 15) is 14.4 Å². The number of nitrogen functional groups attached to an aromatic ring is 1. The Balaban J connectivity index is 1.61. The van der Waals surface area contributed by atoms with Gasteiger partial charge in [0.2, 0.25) is 16.9 Å². The quantitative estimate of drug-likeness (QED) is 0.430. The lowest BCUT2D eigenvalue weighted by Crippen LogP contribution is -2.53. The molecule has 1 aromatic heterocycles. The second-order valence-electron chi connectivity index (χ2n) is 8.44. The molecule has 2 heterocycles. The van der Waals surface area contributed by atoms with Crippen molar-refractivity contribution in [3.8, 4) is 5.75 Å². The lowest BCUT2D eigenvalue weighted by molar-refractivity contribution is -0.141. The van der Waals surface area contributed by atoms with Crippen LogP contribution in [0, 0.1) is 0 Å². The summed E-state index contributed by atoms with van der Waals surface area (Å²) in [5.41, 5.74) is 6.20. The Morgan fingerprint density at radius 1 is 1.24 bits per heavy atom. The third-order valence-electron chi connectivity index (χ3n) is 6.32. The minimum atomic E-state index is -0.806. The largest absolute Gasteiger partial charge is 0.497 e. The van der Waals surface area contributed by atoms with Crippen LogP contribution in [0.1, 0.15) is 51.9 Å². The molecule has 2 unspecified atom stereocenters. The lowest BCUT2D eigenvalue weighted by Gasteiger charge is -2.39. The summed E-state index contributed by atoms with van der Waals surface area (Å²) in [6, 6.07) is 5.94. The number of anilines is 2. The number of amides is 3. The van der Waals surface area contributed by atoms with Crippen molar-refractivity contribution < 1.29 is 19.1 Å². The van der Waals surface area contributed by atoms with Gasteiger partial charge in [-0.15, -0.1) is 10.2 Å². The highest BCUT2D eigenvalue weighted by Gasteiger charge is 2.47. The monoisotopic (exact) mass is 503 g/mol. The number of aromatic nitrogens is 2. The molecule has 34 heavy (non-hydrogen) atoms. The van der Waals surface area contributed by atoms with Crippen molar-refractivity contribution in [2.45, 2.75) is 73.5 Å². The van der Waals surface area contributed by atoms with E-state index in [4.69, 9.17) is 10.5 Å². The van der Waals surface area contributed by atoms with E-state index in [-0.39, 0.29) is 30.2 Å². The molecule has 1 aliphatic carbocycles. The van der Waals surface area contributed by atoms with Gasteiger partial charge in [-0.05, 0) is 43.5 Å². The van der Waals surface area contributed by atoms with Gasteiger partial charge in [0, 0.05) is 6.04 Å². The summed E-state index contributed by atoms with van der Waals surface area (Å²) >= 11 is 2.56. The van der Waals surface area contributed by atoms with Gasteiger partial charge in [0.15, 0.2) is 4.34 Å². The van der Waals surface area contributed by atoms with Crippen LogP contribution in [0.15, 0.2) is 28.6 Å².